The molecule has 7 nitrogen and oxygen atoms in total. The summed E-state index contributed by atoms with van der Waals surface area (Å²) in [5.74, 6) is -0.367. The van der Waals surface area contributed by atoms with Gasteiger partial charge in [0, 0.05) is 6.92 Å². The molecule has 0 bridgehead atoms. The summed E-state index contributed by atoms with van der Waals surface area (Å²) >= 11 is 0. The fourth-order valence-corrected chi connectivity index (χ4v) is 5.14. The molecular weight excluding hydrogens is 542 g/mol. The Kier molecular flexibility index (Phi) is 11.5. The van der Waals surface area contributed by atoms with E-state index >= 15 is 0 Å². The number of hydrogen-bond acceptors (Lipinski definition) is 7. The molecular formula is C36H39NO6. The predicted octanol–water partition coefficient (Wildman–Crippen LogP) is 6.12. The number of hydrogen-bond donors (Lipinski definition) is 0. The molecule has 1 aliphatic rings. The van der Waals surface area contributed by atoms with Crippen molar-refractivity contribution in [3.05, 3.63) is 144 Å². The first-order valence-electron chi connectivity index (χ1n) is 14.7. The summed E-state index contributed by atoms with van der Waals surface area (Å²) in [4.78, 5) is 18.4. The molecule has 1 aliphatic heterocycles. The van der Waals surface area contributed by atoms with E-state index in [1.807, 2.05) is 126 Å². The van der Waals surface area contributed by atoms with E-state index in [4.69, 9.17) is 23.8 Å². The number of benzene rings is 4. The topological polar surface area (TPSA) is 66.5 Å². The van der Waals surface area contributed by atoms with Gasteiger partial charge in [-0.15, -0.1) is 0 Å². The highest BCUT2D eigenvalue weighted by atomic mass is 16.7. The van der Waals surface area contributed by atoms with Crippen LogP contribution in [0.2, 0.25) is 0 Å². The Bertz CT molecular complexity index is 1360. The summed E-state index contributed by atoms with van der Waals surface area (Å²) in [6, 6.07) is 39.7. The Morgan fingerprint density at radius 1 is 0.605 bits per heavy atom. The number of hydroxylamine groups is 2. The molecule has 4 atom stereocenters. The molecule has 0 spiro atoms. The van der Waals surface area contributed by atoms with E-state index in [1.165, 1.54) is 6.92 Å². The largest absolute Gasteiger partial charge is 0.464 e. The molecule has 0 N–H and O–H groups in total. The van der Waals surface area contributed by atoms with E-state index in [0.29, 0.717) is 33.0 Å². The van der Waals surface area contributed by atoms with Gasteiger partial charge in [0.15, 0.2) is 0 Å². The zero-order valence-electron chi connectivity index (χ0n) is 24.5. The molecule has 1 heterocycles. The van der Waals surface area contributed by atoms with E-state index in [2.05, 4.69) is 0 Å². The van der Waals surface area contributed by atoms with Crippen molar-refractivity contribution in [2.45, 2.75) is 57.7 Å². The highest BCUT2D eigenvalue weighted by Crippen LogP contribution is 2.30. The number of carbonyl (C=O) groups is 1. The molecule has 4 aromatic rings. The average molecular weight is 582 g/mol. The summed E-state index contributed by atoms with van der Waals surface area (Å²) in [6.45, 7) is 3.38. The van der Waals surface area contributed by atoms with Crippen molar-refractivity contribution in [1.29, 1.82) is 0 Å². The van der Waals surface area contributed by atoms with Crippen LogP contribution in [0.3, 0.4) is 0 Å². The maximum atomic E-state index is 12.0. The van der Waals surface area contributed by atoms with Gasteiger partial charge >= 0.3 is 5.97 Å². The van der Waals surface area contributed by atoms with Crippen LogP contribution < -0.4 is 0 Å². The van der Waals surface area contributed by atoms with Crippen molar-refractivity contribution in [3.8, 4) is 0 Å². The van der Waals surface area contributed by atoms with Crippen LogP contribution in [0, 0.1) is 0 Å². The van der Waals surface area contributed by atoms with Gasteiger partial charge in [-0.1, -0.05) is 121 Å². The second kappa shape index (κ2) is 16.1. The fourth-order valence-electron chi connectivity index (χ4n) is 5.14. The molecule has 0 saturated carbocycles. The molecule has 0 radical (unpaired) electrons. The van der Waals surface area contributed by atoms with Crippen molar-refractivity contribution in [2.75, 3.05) is 13.2 Å². The molecule has 0 aromatic heterocycles. The predicted molar refractivity (Wildman–Crippen MR) is 163 cm³/mol. The van der Waals surface area contributed by atoms with Crippen LogP contribution >= 0.6 is 0 Å². The fraction of sp³-hybridized carbons (Fsp3) is 0.306. The Labute approximate surface area is 253 Å². The van der Waals surface area contributed by atoms with Crippen molar-refractivity contribution in [1.82, 2.24) is 5.06 Å². The van der Waals surface area contributed by atoms with Crippen LogP contribution in [0.4, 0.5) is 0 Å². The Morgan fingerprint density at radius 2 is 1.02 bits per heavy atom. The van der Waals surface area contributed by atoms with Gasteiger partial charge in [-0.2, -0.15) is 5.06 Å². The van der Waals surface area contributed by atoms with E-state index in [-0.39, 0.29) is 12.6 Å². The molecule has 0 unspecified atom stereocenters. The number of piperidine rings is 1. The normalized spacial score (nSPS) is 20.5. The van der Waals surface area contributed by atoms with Crippen LogP contribution in [-0.4, -0.2) is 48.5 Å². The first-order chi connectivity index (χ1) is 21.2. The van der Waals surface area contributed by atoms with E-state index < -0.39 is 24.4 Å². The second-order valence-electron chi connectivity index (χ2n) is 10.6. The molecule has 0 aliphatic carbocycles. The zero-order chi connectivity index (χ0) is 29.7. The van der Waals surface area contributed by atoms with Gasteiger partial charge in [-0.25, -0.2) is 0 Å². The molecule has 5 rings (SSSR count). The Morgan fingerprint density at radius 3 is 1.49 bits per heavy atom. The maximum absolute atomic E-state index is 12.0. The summed E-state index contributed by atoms with van der Waals surface area (Å²) < 4.78 is 25.5. The Hall–Kier alpha value is -3.85. The molecule has 224 valence electrons. The lowest BCUT2D eigenvalue weighted by atomic mass is 9.94. The quantitative estimate of drug-likeness (QED) is 0.166. The molecule has 43 heavy (non-hydrogen) atoms. The van der Waals surface area contributed by atoms with Crippen molar-refractivity contribution >= 4 is 5.97 Å². The van der Waals surface area contributed by atoms with Gasteiger partial charge in [-0.05, 0) is 22.3 Å². The summed E-state index contributed by atoms with van der Waals surface area (Å²) in [7, 11) is 0. The first kappa shape index (κ1) is 30.6. The molecule has 1 saturated heterocycles. The lowest BCUT2D eigenvalue weighted by Gasteiger charge is -2.47. The highest BCUT2D eigenvalue weighted by molar-refractivity contribution is 5.65. The smallest absolute Gasteiger partial charge is 0.302 e. The summed E-state index contributed by atoms with van der Waals surface area (Å²) in [6.07, 6.45) is -1.40. The van der Waals surface area contributed by atoms with Crippen molar-refractivity contribution < 1.29 is 28.6 Å². The molecule has 7 heteroatoms. The number of nitrogens with zero attached hydrogens (tertiary/aromatic N) is 1. The third kappa shape index (κ3) is 9.32. The second-order valence-corrected chi connectivity index (χ2v) is 10.6. The third-order valence-corrected chi connectivity index (χ3v) is 7.37. The van der Waals surface area contributed by atoms with E-state index in [0.717, 1.165) is 22.3 Å². The average Bonchev–Trinajstić information content (AvgIpc) is 3.05. The van der Waals surface area contributed by atoms with Crippen molar-refractivity contribution in [2.24, 2.45) is 0 Å². The minimum absolute atomic E-state index is 0.0835. The summed E-state index contributed by atoms with van der Waals surface area (Å²) in [5, 5.41) is 1.85. The minimum Gasteiger partial charge on any atom is -0.464 e. The minimum atomic E-state index is -0.534. The van der Waals surface area contributed by atoms with Gasteiger partial charge in [0.1, 0.15) is 24.9 Å². The monoisotopic (exact) mass is 581 g/mol. The van der Waals surface area contributed by atoms with Crippen LogP contribution in [0.5, 0.6) is 0 Å². The van der Waals surface area contributed by atoms with Crippen LogP contribution in [0.15, 0.2) is 121 Å². The lowest BCUT2D eigenvalue weighted by Crippen LogP contribution is -2.64. The number of ether oxygens (including phenoxy) is 4. The van der Waals surface area contributed by atoms with E-state index in [1.54, 1.807) is 0 Å². The van der Waals surface area contributed by atoms with Crippen LogP contribution in [0.1, 0.15) is 29.2 Å². The molecule has 4 aromatic carbocycles. The van der Waals surface area contributed by atoms with Gasteiger partial charge in [0.2, 0.25) is 0 Å². The third-order valence-electron chi connectivity index (χ3n) is 7.37. The van der Waals surface area contributed by atoms with Crippen molar-refractivity contribution in [3.63, 3.8) is 0 Å². The molecule has 1 fully saturated rings. The number of esters is 1. The maximum Gasteiger partial charge on any atom is 0.302 e. The lowest BCUT2D eigenvalue weighted by molar-refractivity contribution is -0.296. The van der Waals surface area contributed by atoms with E-state index in [9.17, 15) is 4.79 Å². The molecule has 0 amide bonds. The summed E-state index contributed by atoms with van der Waals surface area (Å²) in [5.41, 5.74) is 4.16. The van der Waals surface area contributed by atoms with Gasteiger partial charge < -0.3 is 18.9 Å². The van der Waals surface area contributed by atoms with Gasteiger partial charge in [0.25, 0.3) is 0 Å². The zero-order valence-corrected chi connectivity index (χ0v) is 24.5. The first-order valence-corrected chi connectivity index (χ1v) is 14.7. The Balaban J connectivity index is 1.44. The van der Waals surface area contributed by atoms with Crippen LogP contribution in [0.25, 0.3) is 0 Å². The number of rotatable bonds is 14. The SMILES string of the molecule is CC(=O)OC[C@@H]1[C@@H](OCc2ccccc2)[C@H](OCc2ccccc2)[C@@H](OCc2ccccc2)CN1OCc1ccccc1. The van der Waals surface area contributed by atoms with Crippen LogP contribution in [-0.2, 0) is 55.0 Å². The van der Waals surface area contributed by atoms with Gasteiger partial charge in [-0.3, -0.25) is 9.63 Å². The number of carbonyl (C=O) groups excluding carboxylic acids is 1. The van der Waals surface area contributed by atoms with Gasteiger partial charge in [0.05, 0.1) is 39.0 Å². The highest BCUT2D eigenvalue weighted by Gasteiger charge is 2.47. The standard InChI is InChI=1S/C36H39NO6/c1-28(38)39-27-33-35(41-24-30-16-8-3-9-17-30)36(42-25-31-18-10-4-11-19-31)34(40-23-29-14-6-2-7-15-29)22-37(33)43-26-32-20-12-5-13-21-32/h2-21,33-36H,22-27H2,1H3/t33-,34+,35-,36-/m1/s1.